The molecule has 2 rings (SSSR count). The van der Waals surface area contributed by atoms with Crippen molar-refractivity contribution in [2.75, 3.05) is 12.4 Å². The summed E-state index contributed by atoms with van der Waals surface area (Å²) in [5.41, 5.74) is 4.46. The second kappa shape index (κ2) is 7.64. The Labute approximate surface area is 142 Å². The van der Waals surface area contributed by atoms with Crippen molar-refractivity contribution in [1.82, 2.24) is 5.32 Å². The molecule has 0 aliphatic carbocycles. The quantitative estimate of drug-likeness (QED) is 0.849. The Morgan fingerprint density at radius 1 is 1.00 bits per heavy atom. The van der Waals surface area contributed by atoms with E-state index in [2.05, 4.69) is 10.6 Å². The highest BCUT2D eigenvalue weighted by atomic mass is 16.5. The predicted molar refractivity (Wildman–Crippen MR) is 94.1 cm³/mol. The van der Waals surface area contributed by atoms with Crippen LogP contribution in [0.15, 0.2) is 36.4 Å². The average Bonchev–Trinajstić information content (AvgIpc) is 2.55. The van der Waals surface area contributed by atoms with Crippen LogP contribution < -0.4 is 15.4 Å². The Morgan fingerprint density at radius 2 is 1.62 bits per heavy atom. The van der Waals surface area contributed by atoms with Gasteiger partial charge < -0.3 is 15.4 Å². The first kappa shape index (κ1) is 17.5. The second-order valence-corrected chi connectivity index (χ2v) is 5.72. The minimum absolute atomic E-state index is 0.224. The van der Waals surface area contributed by atoms with Gasteiger partial charge in [0.1, 0.15) is 5.75 Å². The van der Waals surface area contributed by atoms with E-state index in [9.17, 15) is 9.59 Å². The molecule has 0 aliphatic rings. The van der Waals surface area contributed by atoms with Crippen molar-refractivity contribution < 1.29 is 14.3 Å². The Balaban J connectivity index is 2.02. The van der Waals surface area contributed by atoms with Crippen molar-refractivity contribution in [3.63, 3.8) is 0 Å². The lowest BCUT2D eigenvalue weighted by Gasteiger charge is -2.13. The molecule has 2 aromatic carbocycles. The lowest BCUT2D eigenvalue weighted by molar-refractivity contribution is -0.136. The molecule has 0 unspecified atom stereocenters. The first-order valence-corrected chi connectivity index (χ1v) is 7.71. The molecule has 5 heteroatoms. The Morgan fingerprint density at radius 3 is 2.25 bits per heavy atom. The van der Waals surface area contributed by atoms with Gasteiger partial charge in [0, 0.05) is 17.8 Å². The van der Waals surface area contributed by atoms with Gasteiger partial charge in [-0.1, -0.05) is 35.9 Å². The number of anilines is 1. The standard InChI is InChI=1S/C19H22N2O3/c1-12-9-13(2)17(14(3)10-12)21-19(23)18(22)20-11-15-7-5-6-8-16(15)24-4/h5-10H,11H2,1-4H3,(H,20,22)(H,21,23). The number of carbonyl (C=O) groups excluding carboxylic acids is 2. The summed E-state index contributed by atoms with van der Waals surface area (Å²) in [4.78, 5) is 24.2. The zero-order chi connectivity index (χ0) is 17.7. The van der Waals surface area contributed by atoms with Crippen LogP contribution >= 0.6 is 0 Å². The molecule has 0 fully saturated rings. The zero-order valence-corrected chi connectivity index (χ0v) is 14.4. The maximum absolute atomic E-state index is 12.1. The molecule has 0 spiro atoms. The van der Waals surface area contributed by atoms with E-state index in [0.717, 1.165) is 22.3 Å². The number of hydrogen-bond acceptors (Lipinski definition) is 3. The number of nitrogens with one attached hydrogen (secondary N) is 2. The number of benzene rings is 2. The van der Waals surface area contributed by atoms with E-state index in [4.69, 9.17) is 4.74 Å². The number of carbonyl (C=O) groups is 2. The lowest BCUT2D eigenvalue weighted by atomic mass is 10.1. The van der Waals surface area contributed by atoms with E-state index in [-0.39, 0.29) is 6.54 Å². The molecule has 126 valence electrons. The van der Waals surface area contributed by atoms with Crippen LogP contribution in [0.2, 0.25) is 0 Å². The Bertz CT molecular complexity index is 746. The zero-order valence-electron chi connectivity index (χ0n) is 14.4. The summed E-state index contributed by atoms with van der Waals surface area (Å²) in [6.45, 7) is 6.03. The van der Waals surface area contributed by atoms with Gasteiger partial charge in [-0.25, -0.2) is 0 Å². The normalized spacial score (nSPS) is 10.2. The number of para-hydroxylation sites is 1. The van der Waals surface area contributed by atoms with Gasteiger partial charge in [-0.05, 0) is 38.0 Å². The second-order valence-electron chi connectivity index (χ2n) is 5.72. The molecule has 2 aromatic rings. The monoisotopic (exact) mass is 326 g/mol. The summed E-state index contributed by atoms with van der Waals surface area (Å²) in [6, 6.07) is 11.3. The molecule has 0 atom stereocenters. The minimum Gasteiger partial charge on any atom is -0.496 e. The van der Waals surface area contributed by atoms with E-state index >= 15 is 0 Å². The Kier molecular flexibility index (Phi) is 5.58. The lowest BCUT2D eigenvalue weighted by Crippen LogP contribution is -2.35. The van der Waals surface area contributed by atoms with E-state index in [1.807, 2.05) is 51.1 Å². The summed E-state index contributed by atoms with van der Waals surface area (Å²) in [6.07, 6.45) is 0. The number of aryl methyl sites for hydroxylation is 3. The molecule has 2 N–H and O–H groups in total. The van der Waals surface area contributed by atoms with Gasteiger partial charge in [0.05, 0.1) is 7.11 Å². The summed E-state index contributed by atoms with van der Waals surface area (Å²) in [5, 5.41) is 5.30. The Hall–Kier alpha value is -2.82. The van der Waals surface area contributed by atoms with Crippen molar-refractivity contribution in [2.45, 2.75) is 27.3 Å². The van der Waals surface area contributed by atoms with Crippen molar-refractivity contribution in [2.24, 2.45) is 0 Å². The van der Waals surface area contributed by atoms with Gasteiger partial charge in [0.25, 0.3) is 0 Å². The van der Waals surface area contributed by atoms with E-state index in [1.54, 1.807) is 13.2 Å². The molecule has 0 radical (unpaired) electrons. The molecule has 5 nitrogen and oxygen atoms in total. The molecule has 0 heterocycles. The third-order valence-corrected chi connectivity index (χ3v) is 3.75. The molecule has 0 aliphatic heterocycles. The van der Waals surface area contributed by atoms with Gasteiger partial charge in [-0.15, -0.1) is 0 Å². The average molecular weight is 326 g/mol. The van der Waals surface area contributed by atoms with Gasteiger partial charge >= 0.3 is 11.8 Å². The fourth-order valence-electron chi connectivity index (χ4n) is 2.65. The van der Waals surface area contributed by atoms with Crippen LogP contribution in [0.3, 0.4) is 0 Å². The van der Waals surface area contributed by atoms with Gasteiger partial charge in [0.2, 0.25) is 0 Å². The summed E-state index contributed by atoms with van der Waals surface area (Å²) < 4.78 is 5.22. The van der Waals surface area contributed by atoms with Crippen LogP contribution in [0.4, 0.5) is 5.69 Å². The van der Waals surface area contributed by atoms with Crippen LogP contribution in [-0.4, -0.2) is 18.9 Å². The third-order valence-electron chi connectivity index (χ3n) is 3.75. The van der Waals surface area contributed by atoms with Crippen LogP contribution in [-0.2, 0) is 16.1 Å². The molecule has 0 saturated carbocycles. The maximum Gasteiger partial charge on any atom is 0.313 e. The number of amides is 2. The van der Waals surface area contributed by atoms with Gasteiger partial charge in [-0.3, -0.25) is 9.59 Å². The summed E-state index contributed by atoms with van der Waals surface area (Å²) in [7, 11) is 1.57. The molecule has 2 amide bonds. The van der Waals surface area contributed by atoms with Gasteiger partial charge in [0.15, 0.2) is 0 Å². The molecular weight excluding hydrogens is 304 g/mol. The molecule has 0 bridgehead atoms. The fourth-order valence-corrected chi connectivity index (χ4v) is 2.65. The summed E-state index contributed by atoms with van der Waals surface area (Å²) >= 11 is 0. The fraction of sp³-hybridized carbons (Fsp3) is 0.263. The predicted octanol–water partition coefficient (Wildman–Crippen LogP) is 2.88. The summed E-state index contributed by atoms with van der Waals surface area (Å²) in [5.74, 6) is -0.691. The topological polar surface area (TPSA) is 67.4 Å². The van der Waals surface area contributed by atoms with Gasteiger partial charge in [-0.2, -0.15) is 0 Å². The van der Waals surface area contributed by atoms with Crippen molar-refractivity contribution in [3.05, 3.63) is 58.7 Å². The number of hydrogen-bond donors (Lipinski definition) is 2. The molecule has 24 heavy (non-hydrogen) atoms. The van der Waals surface area contributed by atoms with Crippen LogP contribution in [0.5, 0.6) is 5.75 Å². The highest BCUT2D eigenvalue weighted by Crippen LogP contribution is 2.22. The first-order valence-electron chi connectivity index (χ1n) is 7.71. The van der Waals surface area contributed by atoms with E-state index in [1.165, 1.54) is 0 Å². The van der Waals surface area contributed by atoms with Crippen LogP contribution in [0.1, 0.15) is 22.3 Å². The highest BCUT2D eigenvalue weighted by Gasteiger charge is 2.16. The molecular formula is C19H22N2O3. The third kappa shape index (κ3) is 4.13. The van der Waals surface area contributed by atoms with E-state index < -0.39 is 11.8 Å². The molecule has 0 saturated heterocycles. The van der Waals surface area contributed by atoms with E-state index in [0.29, 0.717) is 11.4 Å². The van der Waals surface area contributed by atoms with Crippen molar-refractivity contribution in [1.29, 1.82) is 0 Å². The number of methoxy groups -OCH3 is 1. The SMILES string of the molecule is COc1ccccc1CNC(=O)C(=O)Nc1c(C)cc(C)cc1C. The largest absolute Gasteiger partial charge is 0.496 e. The molecule has 0 aromatic heterocycles. The smallest absolute Gasteiger partial charge is 0.313 e. The van der Waals surface area contributed by atoms with Crippen molar-refractivity contribution in [3.8, 4) is 5.75 Å². The first-order chi connectivity index (χ1) is 11.4. The maximum atomic E-state index is 12.1. The highest BCUT2D eigenvalue weighted by molar-refractivity contribution is 6.39. The van der Waals surface area contributed by atoms with Crippen molar-refractivity contribution >= 4 is 17.5 Å². The van der Waals surface area contributed by atoms with Crippen LogP contribution in [0, 0.1) is 20.8 Å². The van der Waals surface area contributed by atoms with Crippen LogP contribution in [0.25, 0.3) is 0 Å². The minimum atomic E-state index is -0.681. The number of ether oxygens (including phenoxy) is 1. The number of rotatable bonds is 4.